The molecule has 4 atom stereocenters. The molecule has 1 aliphatic rings. The van der Waals surface area contributed by atoms with Gasteiger partial charge in [0, 0.05) is 19.4 Å². The normalized spacial score (nSPS) is 20.8. The maximum Gasteiger partial charge on any atom is 0.333 e. The summed E-state index contributed by atoms with van der Waals surface area (Å²) in [7, 11) is -2.88. The number of aliphatic hydroxyl groups is 1. The summed E-state index contributed by atoms with van der Waals surface area (Å²) in [6.45, 7) is 0.449. The largest absolute Gasteiger partial charge is 0.479 e. The lowest BCUT2D eigenvalue weighted by Crippen LogP contribution is -2.46. The molecule has 1 amide bonds. The summed E-state index contributed by atoms with van der Waals surface area (Å²) >= 11 is 0. The van der Waals surface area contributed by atoms with E-state index < -0.39 is 52.3 Å². The second-order valence-electron chi connectivity index (χ2n) is 8.33. The molecule has 1 heterocycles. The van der Waals surface area contributed by atoms with E-state index >= 15 is 0 Å². The number of benzene rings is 1. The van der Waals surface area contributed by atoms with Crippen LogP contribution in [-0.4, -0.2) is 85.3 Å². The maximum absolute atomic E-state index is 12.1. The van der Waals surface area contributed by atoms with Crippen molar-refractivity contribution in [1.82, 2.24) is 10.6 Å². The molecule has 6 N–H and O–H groups in total. The standard InChI is InChI=1S/C22H33N3O10S/c1-24-18(12-36(30,31)32)21(27)25-7-3-2-4-14-8-17(6-5-15(14)11-33-13-23)34-20-10-16(26)9-19(35-20)22(28)29/h5-6,8,13,16,18-20,23-24,26H,2-4,7,9-12H2,1H3,(H,25,27)(H,28,29)(H,30,31,32). The molecule has 2 rings (SSSR count). The van der Waals surface area contributed by atoms with E-state index in [9.17, 15) is 28.2 Å². The van der Waals surface area contributed by atoms with Crippen LogP contribution in [0.15, 0.2) is 18.2 Å². The number of aliphatic carboxylic acids is 1. The van der Waals surface area contributed by atoms with Gasteiger partial charge in [-0.15, -0.1) is 0 Å². The molecule has 0 radical (unpaired) electrons. The summed E-state index contributed by atoms with van der Waals surface area (Å²) in [5.41, 5.74) is 1.66. The monoisotopic (exact) mass is 531 g/mol. The Morgan fingerprint density at radius 2 is 2.03 bits per heavy atom. The van der Waals surface area contributed by atoms with Crippen molar-refractivity contribution in [3.8, 4) is 5.75 Å². The van der Waals surface area contributed by atoms with Crippen molar-refractivity contribution in [3.63, 3.8) is 0 Å². The number of nitrogens with one attached hydrogen (secondary N) is 3. The van der Waals surface area contributed by atoms with Crippen LogP contribution in [0.1, 0.15) is 36.8 Å². The molecular formula is C22H33N3O10S. The minimum Gasteiger partial charge on any atom is -0.479 e. The highest BCUT2D eigenvalue weighted by atomic mass is 32.2. The second kappa shape index (κ2) is 14.1. The molecule has 1 fully saturated rings. The molecule has 0 aliphatic carbocycles. The number of carboxylic acids is 1. The molecule has 0 spiro atoms. The first-order valence-corrected chi connectivity index (χ1v) is 13.0. The summed E-state index contributed by atoms with van der Waals surface area (Å²) in [4.78, 5) is 23.3. The number of rotatable bonds is 15. The zero-order valence-corrected chi connectivity index (χ0v) is 20.7. The Morgan fingerprint density at radius 1 is 1.28 bits per heavy atom. The molecule has 1 aromatic carbocycles. The van der Waals surface area contributed by atoms with Gasteiger partial charge in [0.25, 0.3) is 10.1 Å². The molecule has 4 unspecified atom stereocenters. The molecule has 1 aromatic rings. The number of aliphatic hydroxyl groups excluding tert-OH is 1. The van der Waals surface area contributed by atoms with E-state index in [-0.39, 0.29) is 26.0 Å². The number of likely N-dealkylation sites (N-methyl/N-ethyl adjacent to an activating group) is 1. The predicted molar refractivity (Wildman–Crippen MR) is 127 cm³/mol. The molecule has 14 heteroatoms. The lowest BCUT2D eigenvalue weighted by Gasteiger charge is -2.31. The highest BCUT2D eigenvalue weighted by Crippen LogP contribution is 2.26. The molecule has 0 aromatic heterocycles. The molecule has 13 nitrogen and oxygen atoms in total. The Kier molecular flexibility index (Phi) is 11.5. The lowest BCUT2D eigenvalue weighted by atomic mass is 10.0. The van der Waals surface area contributed by atoms with Crippen LogP contribution in [0.4, 0.5) is 0 Å². The molecule has 0 saturated carbocycles. The van der Waals surface area contributed by atoms with Gasteiger partial charge in [0.1, 0.15) is 18.4 Å². The van der Waals surface area contributed by atoms with Crippen molar-refractivity contribution < 1.29 is 47.0 Å². The minimum atomic E-state index is -4.30. The van der Waals surface area contributed by atoms with Gasteiger partial charge in [0.15, 0.2) is 12.5 Å². The highest BCUT2D eigenvalue weighted by molar-refractivity contribution is 7.85. The van der Waals surface area contributed by atoms with E-state index in [1.165, 1.54) is 7.05 Å². The van der Waals surface area contributed by atoms with Crippen molar-refractivity contribution in [2.24, 2.45) is 0 Å². The maximum atomic E-state index is 12.1. The molecular weight excluding hydrogens is 498 g/mol. The van der Waals surface area contributed by atoms with Crippen molar-refractivity contribution in [1.29, 1.82) is 5.41 Å². The number of ether oxygens (including phenoxy) is 3. The summed E-state index contributed by atoms with van der Waals surface area (Å²) in [6, 6.07) is 4.11. The number of aryl methyl sites for hydroxylation is 1. The average molecular weight is 532 g/mol. The van der Waals surface area contributed by atoms with E-state index in [4.69, 9.17) is 24.2 Å². The Morgan fingerprint density at radius 3 is 2.67 bits per heavy atom. The van der Waals surface area contributed by atoms with E-state index in [0.29, 0.717) is 25.0 Å². The molecule has 1 aliphatic heterocycles. The fraction of sp³-hybridized carbons (Fsp3) is 0.591. The smallest absolute Gasteiger partial charge is 0.333 e. The fourth-order valence-electron chi connectivity index (χ4n) is 3.70. The lowest BCUT2D eigenvalue weighted by molar-refractivity contribution is -0.195. The Bertz CT molecular complexity index is 1000. The Hall–Kier alpha value is -2.78. The predicted octanol–water partition coefficient (Wildman–Crippen LogP) is 0.0544. The van der Waals surface area contributed by atoms with Gasteiger partial charge in [-0.2, -0.15) is 8.42 Å². The number of hydrogen-bond donors (Lipinski definition) is 6. The van der Waals surface area contributed by atoms with Crippen LogP contribution in [0.25, 0.3) is 0 Å². The summed E-state index contributed by atoms with van der Waals surface area (Å²) in [6.07, 6.45) is -0.220. The quantitative estimate of drug-likeness (QED) is 0.0772. The Labute approximate surface area is 209 Å². The molecule has 202 valence electrons. The van der Waals surface area contributed by atoms with E-state index in [0.717, 1.165) is 17.5 Å². The number of amides is 1. The number of carbonyl (C=O) groups is 2. The summed E-state index contributed by atoms with van der Waals surface area (Å²) in [5.74, 6) is -2.02. The Balaban J connectivity index is 1.95. The number of carbonyl (C=O) groups excluding carboxylic acids is 1. The van der Waals surface area contributed by atoms with Crippen LogP contribution in [0.2, 0.25) is 0 Å². The van der Waals surface area contributed by atoms with Gasteiger partial charge in [0.05, 0.1) is 11.9 Å². The number of unbranched alkanes of at least 4 members (excludes halogenated alkanes) is 1. The summed E-state index contributed by atoms with van der Waals surface area (Å²) in [5, 5.41) is 31.4. The van der Waals surface area contributed by atoms with Gasteiger partial charge >= 0.3 is 5.97 Å². The van der Waals surface area contributed by atoms with Crippen LogP contribution in [-0.2, 0) is 42.2 Å². The summed E-state index contributed by atoms with van der Waals surface area (Å²) < 4.78 is 47.3. The third-order valence-electron chi connectivity index (χ3n) is 5.52. The van der Waals surface area contributed by atoms with Crippen LogP contribution >= 0.6 is 0 Å². The zero-order chi connectivity index (χ0) is 26.7. The van der Waals surface area contributed by atoms with Crippen molar-refractivity contribution >= 4 is 28.4 Å². The first kappa shape index (κ1) is 29.5. The number of hydrogen-bond acceptors (Lipinski definition) is 10. The van der Waals surface area contributed by atoms with Crippen LogP contribution in [0.3, 0.4) is 0 Å². The molecule has 36 heavy (non-hydrogen) atoms. The molecule has 1 saturated heterocycles. The first-order chi connectivity index (χ1) is 17.0. The van der Waals surface area contributed by atoms with Gasteiger partial charge in [-0.05, 0) is 49.6 Å². The third-order valence-corrected chi connectivity index (χ3v) is 6.28. The number of carboxylic acid groups (broad SMARTS) is 1. The fourth-order valence-corrected chi connectivity index (χ4v) is 4.44. The van der Waals surface area contributed by atoms with E-state index in [1.54, 1.807) is 18.2 Å². The minimum absolute atomic E-state index is 0.0121. The van der Waals surface area contributed by atoms with Crippen LogP contribution < -0.4 is 15.4 Å². The van der Waals surface area contributed by atoms with Crippen molar-refractivity contribution in [2.45, 2.75) is 63.3 Å². The molecule has 0 bridgehead atoms. The zero-order valence-electron chi connectivity index (χ0n) is 19.9. The van der Waals surface area contributed by atoms with Crippen LogP contribution in [0, 0.1) is 5.41 Å². The van der Waals surface area contributed by atoms with Crippen LogP contribution in [0.5, 0.6) is 5.75 Å². The van der Waals surface area contributed by atoms with Gasteiger partial charge in [-0.25, -0.2) is 4.79 Å². The van der Waals surface area contributed by atoms with Gasteiger partial charge < -0.3 is 35.1 Å². The van der Waals surface area contributed by atoms with Crippen molar-refractivity contribution in [2.75, 3.05) is 19.3 Å². The average Bonchev–Trinajstić information content (AvgIpc) is 2.80. The first-order valence-electron chi connectivity index (χ1n) is 11.4. The topological polar surface area (TPSA) is 205 Å². The van der Waals surface area contributed by atoms with Gasteiger partial charge in [-0.1, -0.05) is 6.07 Å². The van der Waals surface area contributed by atoms with Gasteiger partial charge in [0.2, 0.25) is 12.2 Å². The highest BCUT2D eigenvalue weighted by Gasteiger charge is 2.34. The third kappa shape index (κ3) is 10.1. The van der Waals surface area contributed by atoms with E-state index in [2.05, 4.69) is 10.6 Å². The van der Waals surface area contributed by atoms with Crippen molar-refractivity contribution in [3.05, 3.63) is 29.3 Å². The SMILES string of the molecule is CNC(CS(=O)(=O)O)C(=O)NCCCCc1cc(OC2CC(O)CC(C(=O)O)O2)ccc1COC=N. The van der Waals surface area contributed by atoms with E-state index in [1.807, 2.05) is 0 Å². The van der Waals surface area contributed by atoms with Gasteiger partial charge in [-0.3, -0.25) is 14.8 Å². The second-order valence-corrected chi connectivity index (χ2v) is 9.83.